The minimum atomic E-state index is 0.650. The number of allylic oxidation sites excluding steroid dienone is 2. The van der Waals surface area contributed by atoms with Crippen molar-refractivity contribution in [2.24, 2.45) is 4.99 Å². The van der Waals surface area contributed by atoms with Gasteiger partial charge in [0, 0.05) is 10.1 Å². The standard InChI is InChI=1S/C9H17IN2/c1-3-4-6-12-8-9(10)5-7-11-2/h3-4,6,9,11H,5,7-8H2,1-2H3/b4-3-,12-6-. The third kappa shape index (κ3) is 8.20. The number of nitrogens with zero attached hydrogens (tertiary/aromatic N) is 1. The summed E-state index contributed by atoms with van der Waals surface area (Å²) in [6, 6.07) is 0. The Morgan fingerprint density at radius 2 is 2.33 bits per heavy atom. The number of halogens is 1. The normalized spacial score (nSPS) is 14.6. The summed E-state index contributed by atoms with van der Waals surface area (Å²) in [7, 11) is 1.98. The van der Waals surface area contributed by atoms with Gasteiger partial charge in [-0.25, -0.2) is 0 Å². The van der Waals surface area contributed by atoms with Crippen molar-refractivity contribution in [2.45, 2.75) is 17.3 Å². The smallest absolute Gasteiger partial charge is 0.0507 e. The van der Waals surface area contributed by atoms with Crippen LogP contribution in [0, 0.1) is 0 Å². The van der Waals surface area contributed by atoms with E-state index in [9.17, 15) is 0 Å². The summed E-state index contributed by atoms with van der Waals surface area (Å²) in [5.41, 5.74) is 0. The van der Waals surface area contributed by atoms with E-state index >= 15 is 0 Å². The van der Waals surface area contributed by atoms with Gasteiger partial charge >= 0.3 is 0 Å². The summed E-state index contributed by atoms with van der Waals surface area (Å²) in [6.07, 6.45) is 7.00. The molecule has 0 aliphatic carbocycles. The topological polar surface area (TPSA) is 24.4 Å². The maximum atomic E-state index is 4.27. The molecule has 0 bridgehead atoms. The van der Waals surface area contributed by atoms with Gasteiger partial charge in [0.25, 0.3) is 0 Å². The Kier molecular flexibility index (Phi) is 9.27. The van der Waals surface area contributed by atoms with Gasteiger partial charge in [-0.1, -0.05) is 28.7 Å². The first-order chi connectivity index (χ1) is 5.81. The van der Waals surface area contributed by atoms with Crippen molar-refractivity contribution < 1.29 is 0 Å². The van der Waals surface area contributed by atoms with Crippen LogP contribution in [0.3, 0.4) is 0 Å². The zero-order chi connectivity index (χ0) is 9.23. The Bertz CT molecular complexity index is 143. The summed E-state index contributed by atoms with van der Waals surface area (Å²) in [5.74, 6) is 0. The second-order valence-electron chi connectivity index (χ2n) is 2.53. The Morgan fingerprint density at radius 1 is 1.58 bits per heavy atom. The average molecular weight is 280 g/mol. The molecule has 0 rings (SSSR count). The first kappa shape index (κ1) is 12.1. The lowest BCUT2D eigenvalue weighted by Crippen LogP contribution is -2.14. The van der Waals surface area contributed by atoms with Crippen LogP contribution in [0.25, 0.3) is 0 Å². The quantitative estimate of drug-likeness (QED) is 0.449. The lowest BCUT2D eigenvalue weighted by molar-refractivity contribution is 0.711. The van der Waals surface area contributed by atoms with Crippen molar-refractivity contribution in [3.05, 3.63) is 12.2 Å². The highest BCUT2D eigenvalue weighted by Crippen LogP contribution is 2.04. The molecule has 12 heavy (non-hydrogen) atoms. The second-order valence-corrected chi connectivity index (χ2v) is 4.29. The highest BCUT2D eigenvalue weighted by Gasteiger charge is 1.99. The molecule has 3 heteroatoms. The highest BCUT2D eigenvalue weighted by molar-refractivity contribution is 14.1. The minimum absolute atomic E-state index is 0.650. The van der Waals surface area contributed by atoms with Crippen molar-refractivity contribution in [1.29, 1.82) is 0 Å². The van der Waals surface area contributed by atoms with Crippen molar-refractivity contribution in [3.63, 3.8) is 0 Å². The van der Waals surface area contributed by atoms with E-state index in [1.54, 1.807) is 0 Å². The molecule has 1 atom stereocenters. The monoisotopic (exact) mass is 280 g/mol. The number of alkyl halides is 1. The van der Waals surface area contributed by atoms with E-state index in [0.29, 0.717) is 3.92 Å². The van der Waals surface area contributed by atoms with Crippen LogP contribution in [-0.4, -0.2) is 30.3 Å². The fraction of sp³-hybridized carbons (Fsp3) is 0.667. The van der Waals surface area contributed by atoms with E-state index < -0.39 is 0 Å². The van der Waals surface area contributed by atoms with Crippen LogP contribution in [-0.2, 0) is 0 Å². The molecule has 0 saturated heterocycles. The number of nitrogens with one attached hydrogen (secondary N) is 1. The Hall–Kier alpha value is 0.1000. The van der Waals surface area contributed by atoms with Crippen molar-refractivity contribution >= 4 is 28.8 Å². The Labute approximate surface area is 88.7 Å². The number of aliphatic imine (C=N–C) groups is 1. The van der Waals surface area contributed by atoms with Crippen LogP contribution in [0.4, 0.5) is 0 Å². The van der Waals surface area contributed by atoms with Gasteiger partial charge in [0.15, 0.2) is 0 Å². The van der Waals surface area contributed by atoms with Gasteiger partial charge in [0.05, 0.1) is 6.54 Å². The maximum absolute atomic E-state index is 4.27. The van der Waals surface area contributed by atoms with E-state index in [1.165, 1.54) is 6.42 Å². The first-order valence-electron chi connectivity index (χ1n) is 4.21. The van der Waals surface area contributed by atoms with E-state index in [4.69, 9.17) is 0 Å². The Morgan fingerprint density at radius 3 is 2.92 bits per heavy atom. The second kappa shape index (κ2) is 9.19. The van der Waals surface area contributed by atoms with Crippen LogP contribution >= 0.6 is 22.6 Å². The molecule has 0 fully saturated rings. The third-order valence-corrected chi connectivity index (χ3v) is 2.41. The number of rotatable bonds is 6. The molecule has 1 unspecified atom stereocenters. The molecule has 0 heterocycles. The van der Waals surface area contributed by atoms with Crippen LogP contribution in [0.2, 0.25) is 0 Å². The third-order valence-electron chi connectivity index (χ3n) is 1.40. The van der Waals surface area contributed by atoms with E-state index in [2.05, 4.69) is 32.9 Å². The molecule has 0 saturated carbocycles. The van der Waals surface area contributed by atoms with E-state index in [-0.39, 0.29) is 0 Å². The van der Waals surface area contributed by atoms with Gasteiger partial charge < -0.3 is 5.32 Å². The molecular formula is C9H17IN2. The molecule has 0 spiro atoms. The summed E-state index contributed by atoms with van der Waals surface area (Å²) in [6.45, 7) is 3.99. The highest BCUT2D eigenvalue weighted by atomic mass is 127. The fourth-order valence-electron chi connectivity index (χ4n) is 0.714. The number of hydrogen-bond donors (Lipinski definition) is 1. The zero-order valence-corrected chi connectivity index (χ0v) is 9.91. The van der Waals surface area contributed by atoms with Gasteiger partial charge in [-0.3, -0.25) is 4.99 Å². The van der Waals surface area contributed by atoms with Crippen molar-refractivity contribution in [2.75, 3.05) is 20.1 Å². The molecule has 0 amide bonds. The number of hydrogen-bond acceptors (Lipinski definition) is 2. The lowest BCUT2D eigenvalue weighted by atomic mass is 10.3. The van der Waals surface area contributed by atoms with Crippen LogP contribution < -0.4 is 5.32 Å². The molecule has 0 radical (unpaired) electrons. The van der Waals surface area contributed by atoms with Gasteiger partial charge in [0.1, 0.15) is 0 Å². The molecule has 0 aliphatic heterocycles. The molecular weight excluding hydrogens is 263 g/mol. The lowest BCUT2D eigenvalue weighted by Gasteiger charge is -2.04. The van der Waals surface area contributed by atoms with Crippen LogP contribution in [0.1, 0.15) is 13.3 Å². The van der Waals surface area contributed by atoms with Gasteiger partial charge in [-0.05, 0) is 33.0 Å². The van der Waals surface area contributed by atoms with Crippen LogP contribution in [0.15, 0.2) is 17.1 Å². The minimum Gasteiger partial charge on any atom is -0.320 e. The van der Waals surface area contributed by atoms with Crippen molar-refractivity contribution in [1.82, 2.24) is 5.32 Å². The van der Waals surface area contributed by atoms with E-state index in [0.717, 1.165) is 13.1 Å². The van der Waals surface area contributed by atoms with Gasteiger partial charge in [-0.15, -0.1) is 0 Å². The van der Waals surface area contributed by atoms with Gasteiger partial charge in [-0.2, -0.15) is 0 Å². The summed E-state index contributed by atoms with van der Waals surface area (Å²) in [5, 5.41) is 3.13. The maximum Gasteiger partial charge on any atom is 0.0507 e. The SMILES string of the molecule is C/C=C\C=N/CC(I)CCNC. The fourth-order valence-corrected chi connectivity index (χ4v) is 1.25. The van der Waals surface area contributed by atoms with Crippen molar-refractivity contribution in [3.8, 4) is 0 Å². The summed E-state index contributed by atoms with van der Waals surface area (Å²) >= 11 is 2.44. The molecule has 70 valence electrons. The molecule has 0 aliphatic rings. The molecule has 1 N–H and O–H groups in total. The average Bonchev–Trinajstić information content (AvgIpc) is 2.09. The largest absolute Gasteiger partial charge is 0.320 e. The van der Waals surface area contributed by atoms with E-state index in [1.807, 2.05) is 32.3 Å². The predicted octanol–water partition coefficient (Wildman–Crippen LogP) is 2.05. The van der Waals surface area contributed by atoms with Crippen LogP contribution in [0.5, 0.6) is 0 Å². The van der Waals surface area contributed by atoms with Gasteiger partial charge in [0.2, 0.25) is 0 Å². The first-order valence-corrected chi connectivity index (χ1v) is 5.45. The summed E-state index contributed by atoms with van der Waals surface area (Å²) in [4.78, 5) is 4.27. The molecule has 0 aromatic rings. The Balaban J connectivity index is 3.35. The molecule has 0 aromatic heterocycles. The molecule has 0 aromatic carbocycles. The molecule has 2 nitrogen and oxygen atoms in total. The summed E-state index contributed by atoms with van der Waals surface area (Å²) < 4.78 is 0.650. The predicted molar refractivity (Wildman–Crippen MR) is 64.5 cm³/mol. The zero-order valence-electron chi connectivity index (χ0n) is 7.76.